The molecule has 2 rings (SSSR count). The Labute approximate surface area is 101 Å². The van der Waals surface area contributed by atoms with E-state index in [9.17, 15) is 4.39 Å². The highest BCUT2D eigenvalue weighted by Crippen LogP contribution is 2.23. The summed E-state index contributed by atoms with van der Waals surface area (Å²) in [6, 6.07) is 15.2. The Kier molecular flexibility index (Phi) is 3.55. The molecule has 88 valence electrons. The van der Waals surface area contributed by atoms with Gasteiger partial charge in [0.2, 0.25) is 0 Å². The summed E-state index contributed by atoms with van der Waals surface area (Å²) in [6.07, 6.45) is 0. The van der Waals surface area contributed by atoms with Gasteiger partial charge in [0.15, 0.2) is 0 Å². The Bertz CT molecular complexity index is 491. The molecule has 0 aliphatic rings. The predicted molar refractivity (Wildman–Crippen MR) is 69.3 cm³/mol. The van der Waals surface area contributed by atoms with Crippen LogP contribution in [0, 0.1) is 5.82 Å². The van der Waals surface area contributed by atoms with Crippen LogP contribution in [0.15, 0.2) is 48.5 Å². The van der Waals surface area contributed by atoms with Crippen LogP contribution in [0.1, 0.15) is 18.5 Å². The molecular formula is C15H16FN. The summed E-state index contributed by atoms with van der Waals surface area (Å²) in [5.41, 5.74) is 3.38. The van der Waals surface area contributed by atoms with Gasteiger partial charge in [-0.1, -0.05) is 30.3 Å². The molecule has 0 saturated carbocycles. The summed E-state index contributed by atoms with van der Waals surface area (Å²) < 4.78 is 12.9. The fourth-order valence-corrected chi connectivity index (χ4v) is 1.80. The van der Waals surface area contributed by atoms with Crippen LogP contribution < -0.4 is 5.32 Å². The van der Waals surface area contributed by atoms with Crippen LogP contribution in [0.5, 0.6) is 0 Å². The monoisotopic (exact) mass is 229 g/mol. The summed E-state index contributed by atoms with van der Waals surface area (Å²) >= 11 is 0. The van der Waals surface area contributed by atoms with Gasteiger partial charge in [-0.15, -0.1) is 0 Å². The van der Waals surface area contributed by atoms with Crippen LogP contribution in [0.25, 0.3) is 11.1 Å². The second-order valence-corrected chi connectivity index (χ2v) is 4.14. The van der Waals surface area contributed by atoms with Crippen LogP contribution in [-0.2, 0) is 0 Å². The fourth-order valence-electron chi connectivity index (χ4n) is 1.80. The van der Waals surface area contributed by atoms with Crippen molar-refractivity contribution in [2.45, 2.75) is 13.0 Å². The van der Waals surface area contributed by atoms with Crippen molar-refractivity contribution in [2.24, 2.45) is 0 Å². The molecule has 1 unspecified atom stereocenters. The van der Waals surface area contributed by atoms with E-state index in [4.69, 9.17) is 0 Å². The standard InChI is InChI=1S/C15H16FN/c1-11(17-2)13-4-3-5-14(10-13)12-6-8-15(16)9-7-12/h3-11,17H,1-2H3. The number of halogens is 1. The minimum atomic E-state index is -0.200. The Balaban J connectivity index is 2.36. The minimum Gasteiger partial charge on any atom is -0.313 e. The van der Waals surface area contributed by atoms with E-state index < -0.39 is 0 Å². The summed E-state index contributed by atoms with van der Waals surface area (Å²) in [6.45, 7) is 2.11. The topological polar surface area (TPSA) is 12.0 Å². The average Bonchev–Trinajstić information content (AvgIpc) is 2.39. The van der Waals surface area contributed by atoms with Gasteiger partial charge in [-0.05, 0) is 48.9 Å². The van der Waals surface area contributed by atoms with Gasteiger partial charge in [-0.25, -0.2) is 4.39 Å². The van der Waals surface area contributed by atoms with E-state index in [-0.39, 0.29) is 5.82 Å². The lowest BCUT2D eigenvalue weighted by molar-refractivity contribution is 0.628. The highest BCUT2D eigenvalue weighted by Gasteiger charge is 2.04. The highest BCUT2D eigenvalue weighted by atomic mass is 19.1. The van der Waals surface area contributed by atoms with Gasteiger partial charge in [-0.3, -0.25) is 0 Å². The van der Waals surface area contributed by atoms with E-state index in [1.807, 2.05) is 19.2 Å². The van der Waals surface area contributed by atoms with E-state index in [1.165, 1.54) is 17.7 Å². The first-order valence-corrected chi connectivity index (χ1v) is 5.74. The molecule has 2 heteroatoms. The molecule has 2 aromatic rings. The second kappa shape index (κ2) is 5.11. The fraction of sp³-hybridized carbons (Fsp3) is 0.200. The second-order valence-electron chi connectivity index (χ2n) is 4.14. The zero-order chi connectivity index (χ0) is 12.3. The quantitative estimate of drug-likeness (QED) is 0.844. The van der Waals surface area contributed by atoms with Crippen molar-refractivity contribution >= 4 is 0 Å². The van der Waals surface area contributed by atoms with Crippen molar-refractivity contribution in [3.8, 4) is 11.1 Å². The van der Waals surface area contributed by atoms with E-state index in [0.717, 1.165) is 11.1 Å². The summed E-state index contributed by atoms with van der Waals surface area (Å²) in [5.74, 6) is -0.200. The van der Waals surface area contributed by atoms with Crippen LogP contribution in [0.4, 0.5) is 4.39 Å². The van der Waals surface area contributed by atoms with Crippen molar-refractivity contribution < 1.29 is 4.39 Å². The van der Waals surface area contributed by atoms with Gasteiger partial charge in [0.05, 0.1) is 0 Å². The van der Waals surface area contributed by atoms with Gasteiger partial charge in [0.1, 0.15) is 5.82 Å². The van der Waals surface area contributed by atoms with Crippen LogP contribution in [0.2, 0.25) is 0 Å². The molecule has 0 heterocycles. The average molecular weight is 229 g/mol. The first kappa shape index (κ1) is 11.8. The lowest BCUT2D eigenvalue weighted by Gasteiger charge is -2.12. The molecule has 1 N–H and O–H groups in total. The highest BCUT2D eigenvalue weighted by molar-refractivity contribution is 5.64. The van der Waals surface area contributed by atoms with E-state index in [2.05, 4.69) is 24.4 Å². The zero-order valence-electron chi connectivity index (χ0n) is 10.1. The minimum absolute atomic E-state index is 0.200. The predicted octanol–water partition coefficient (Wildman–Crippen LogP) is 3.77. The molecule has 2 aromatic carbocycles. The summed E-state index contributed by atoms with van der Waals surface area (Å²) in [7, 11) is 1.94. The zero-order valence-corrected chi connectivity index (χ0v) is 10.1. The molecule has 1 atom stereocenters. The number of benzene rings is 2. The van der Waals surface area contributed by atoms with Gasteiger partial charge in [-0.2, -0.15) is 0 Å². The number of rotatable bonds is 3. The molecule has 1 nitrogen and oxygen atoms in total. The third-order valence-electron chi connectivity index (χ3n) is 3.00. The van der Waals surface area contributed by atoms with Crippen molar-refractivity contribution in [1.29, 1.82) is 0 Å². The number of nitrogens with one attached hydrogen (secondary N) is 1. The van der Waals surface area contributed by atoms with Crippen molar-refractivity contribution in [2.75, 3.05) is 7.05 Å². The van der Waals surface area contributed by atoms with E-state index >= 15 is 0 Å². The van der Waals surface area contributed by atoms with E-state index in [1.54, 1.807) is 12.1 Å². The van der Waals surface area contributed by atoms with Gasteiger partial charge in [0.25, 0.3) is 0 Å². The molecule has 0 spiro atoms. The Morgan fingerprint density at radius 1 is 1.00 bits per heavy atom. The van der Waals surface area contributed by atoms with E-state index in [0.29, 0.717) is 6.04 Å². The number of hydrogen-bond acceptors (Lipinski definition) is 1. The van der Waals surface area contributed by atoms with Gasteiger partial charge < -0.3 is 5.32 Å². The molecular weight excluding hydrogens is 213 g/mol. The molecule has 0 fully saturated rings. The third-order valence-corrected chi connectivity index (χ3v) is 3.00. The van der Waals surface area contributed by atoms with Crippen LogP contribution >= 0.6 is 0 Å². The largest absolute Gasteiger partial charge is 0.313 e. The Morgan fingerprint density at radius 3 is 2.35 bits per heavy atom. The Morgan fingerprint density at radius 2 is 1.71 bits per heavy atom. The van der Waals surface area contributed by atoms with Crippen molar-refractivity contribution in [3.63, 3.8) is 0 Å². The maximum Gasteiger partial charge on any atom is 0.123 e. The van der Waals surface area contributed by atoms with Crippen molar-refractivity contribution in [1.82, 2.24) is 5.32 Å². The maximum absolute atomic E-state index is 12.9. The first-order valence-electron chi connectivity index (χ1n) is 5.74. The lowest BCUT2D eigenvalue weighted by Crippen LogP contribution is -2.12. The van der Waals surface area contributed by atoms with Gasteiger partial charge in [0, 0.05) is 6.04 Å². The molecule has 17 heavy (non-hydrogen) atoms. The first-order chi connectivity index (χ1) is 8.20. The molecule has 0 aliphatic heterocycles. The SMILES string of the molecule is CNC(C)c1cccc(-c2ccc(F)cc2)c1. The summed E-state index contributed by atoms with van der Waals surface area (Å²) in [5, 5.41) is 3.21. The van der Waals surface area contributed by atoms with Crippen LogP contribution in [-0.4, -0.2) is 7.05 Å². The molecule has 0 radical (unpaired) electrons. The normalized spacial score (nSPS) is 12.4. The number of hydrogen-bond donors (Lipinski definition) is 1. The summed E-state index contributed by atoms with van der Waals surface area (Å²) in [4.78, 5) is 0. The Hall–Kier alpha value is -1.67. The molecule has 0 aromatic heterocycles. The molecule has 0 saturated heterocycles. The smallest absolute Gasteiger partial charge is 0.123 e. The van der Waals surface area contributed by atoms with Crippen molar-refractivity contribution in [3.05, 3.63) is 59.9 Å². The van der Waals surface area contributed by atoms with Crippen LogP contribution in [0.3, 0.4) is 0 Å². The van der Waals surface area contributed by atoms with Gasteiger partial charge >= 0.3 is 0 Å². The lowest BCUT2D eigenvalue weighted by atomic mass is 10.0. The molecule has 0 amide bonds. The maximum atomic E-state index is 12.9. The molecule has 0 bridgehead atoms. The third kappa shape index (κ3) is 2.71. The molecule has 0 aliphatic carbocycles.